The molecule has 0 radical (unpaired) electrons. The molecule has 7 nitrogen and oxygen atoms in total. The second kappa shape index (κ2) is 7.32. The van der Waals surface area contributed by atoms with E-state index in [4.69, 9.17) is 6.42 Å². The fraction of sp³-hybridized carbons (Fsp3) is 0.471. The van der Waals surface area contributed by atoms with E-state index in [2.05, 4.69) is 21.2 Å². The van der Waals surface area contributed by atoms with Gasteiger partial charge in [0.15, 0.2) is 5.65 Å². The zero-order chi connectivity index (χ0) is 16.9. The van der Waals surface area contributed by atoms with Gasteiger partial charge in [0.25, 0.3) is 0 Å². The summed E-state index contributed by atoms with van der Waals surface area (Å²) in [4.78, 5) is 26.5. The molecule has 0 atom stereocenters. The quantitative estimate of drug-likeness (QED) is 0.782. The van der Waals surface area contributed by atoms with Gasteiger partial charge < -0.3 is 5.32 Å². The van der Waals surface area contributed by atoms with Crippen molar-refractivity contribution in [1.29, 1.82) is 0 Å². The van der Waals surface area contributed by atoms with Crippen LogP contribution in [0.4, 0.5) is 0 Å². The lowest BCUT2D eigenvalue weighted by atomic mass is 9.96. The van der Waals surface area contributed by atoms with Gasteiger partial charge in [-0.15, -0.1) is 11.5 Å². The van der Waals surface area contributed by atoms with Crippen LogP contribution in [0.2, 0.25) is 0 Å². The predicted molar refractivity (Wildman–Crippen MR) is 90.5 cm³/mol. The van der Waals surface area contributed by atoms with Gasteiger partial charge >= 0.3 is 5.69 Å². The third-order valence-electron chi connectivity index (χ3n) is 4.38. The summed E-state index contributed by atoms with van der Waals surface area (Å²) in [6, 6.07) is 5.40. The van der Waals surface area contributed by atoms with Crippen molar-refractivity contribution < 1.29 is 4.79 Å². The van der Waals surface area contributed by atoms with Gasteiger partial charge in [-0.1, -0.05) is 12.0 Å². The Labute approximate surface area is 140 Å². The van der Waals surface area contributed by atoms with Crippen LogP contribution in [0.1, 0.15) is 12.8 Å². The number of hydrogen-bond acceptors (Lipinski definition) is 4. The van der Waals surface area contributed by atoms with Gasteiger partial charge in [-0.3, -0.25) is 14.1 Å². The van der Waals surface area contributed by atoms with Crippen molar-refractivity contribution in [2.24, 2.45) is 5.92 Å². The first-order chi connectivity index (χ1) is 11.7. The Kier molecular flexibility index (Phi) is 4.96. The van der Waals surface area contributed by atoms with Crippen molar-refractivity contribution in [3.8, 4) is 12.3 Å². The highest BCUT2D eigenvalue weighted by molar-refractivity contribution is 5.78. The van der Waals surface area contributed by atoms with Crippen molar-refractivity contribution in [2.45, 2.75) is 19.4 Å². The van der Waals surface area contributed by atoms with E-state index in [1.165, 1.54) is 9.08 Å². The number of aromatic nitrogens is 3. The van der Waals surface area contributed by atoms with E-state index >= 15 is 0 Å². The third-order valence-corrected chi connectivity index (χ3v) is 4.38. The SMILES string of the molecule is C#CCN1CCC(C(=O)NCCn2nc3ccccn3c2=O)CC1. The van der Waals surface area contributed by atoms with Gasteiger partial charge in [0.1, 0.15) is 0 Å². The number of terminal acetylenes is 1. The minimum absolute atomic E-state index is 0.0248. The Bertz CT molecular complexity index is 808. The fourth-order valence-electron chi connectivity index (χ4n) is 3.03. The summed E-state index contributed by atoms with van der Waals surface area (Å²) in [5, 5.41) is 7.15. The Morgan fingerprint density at radius 1 is 1.38 bits per heavy atom. The second-order valence-corrected chi connectivity index (χ2v) is 5.98. The first kappa shape index (κ1) is 16.3. The van der Waals surface area contributed by atoms with Gasteiger partial charge in [0.2, 0.25) is 5.91 Å². The van der Waals surface area contributed by atoms with E-state index in [-0.39, 0.29) is 17.5 Å². The number of carbonyl (C=O) groups is 1. The summed E-state index contributed by atoms with van der Waals surface area (Å²) in [7, 11) is 0. The van der Waals surface area contributed by atoms with Gasteiger partial charge in [-0.25, -0.2) is 9.48 Å². The van der Waals surface area contributed by atoms with E-state index in [0.29, 0.717) is 25.3 Å². The molecule has 3 heterocycles. The lowest BCUT2D eigenvalue weighted by Crippen LogP contribution is -2.41. The molecule has 0 bridgehead atoms. The lowest BCUT2D eigenvalue weighted by Gasteiger charge is -2.29. The Balaban J connectivity index is 1.49. The summed E-state index contributed by atoms with van der Waals surface area (Å²) in [6.45, 7) is 3.11. The molecular weight excluding hydrogens is 306 g/mol. The molecule has 3 rings (SSSR count). The molecule has 7 heteroatoms. The topological polar surface area (TPSA) is 71.6 Å². The van der Waals surface area contributed by atoms with Crippen molar-refractivity contribution in [3.63, 3.8) is 0 Å². The molecular formula is C17H21N5O2. The molecule has 1 aliphatic rings. The standard InChI is InChI=1S/C17H21N5O2/c1-2-9-20-11-6-14(7-12-20)16(23)18-8-13-22-17(24)21-10-4-3-5-15(21)19-22/h1,3-5,10,14H,6-9,11-13H2,(H,18,23). The van der Waals surface area contributed by atoms with Crippen LogP contribution in [0, 0.1) is 18.3 Å². The van der Waals surface area contributed by atoms with Crippen LogP contribution in [-0.4, -0.2) is 51.2 Å². The van der Waals surface area contributed by atoms with E-state index in [1.807, 2.05) is 6.07 Å². The summed E-state index contributed by atoms with van der Waals surface area (Å²) in [6.07, 6.45) is 8.64. The van der Waals surface area contributed by atoms with Gasteiger partial charge in [0.05, 0.1) is 13.1 Å². The van der Waals surface area contributed by atoms with Crippen molar-refractivity contribution in [2.75, 3.05) is 26.2 Å². The van der Waals surface area contributed by atoms with Crippen LogP contribution < -0.4 is 11.0 Å². The molecule has 24 heavy (non-hydrogen) atoms. The van der Waals surface area contributed by atoms with Gasteiger partial charge in [-0.2, -0.15) is 0 Å². The number of fused-ring (bicyclic) bond motifs is 1. The predicted octanol–water partition coefficient (Wildman–Crippen LogP) is -0.0426. The van der Waals surface area contributed by atoms with Crippen molar-refractivity contribution >= 4 is 11.6 Å². The van der Waals surface area contributed by atoms with Crippen molar-refractivity contribution in [1.82, 2.24) is 24.4 Å². The molecule has 1 amide bonds. The molecule has 0 spiro atoms. The first-order valence-electron chi connectivity index (χ1n) is 8.17. The minimum Gasteiger partial charge on any atom is -0.354 e. The number of amides is 1. The Morgan fingerprint density at radius 3 is 2.88 bits per heavy atom. The number of hydrogen-bond donors (Lipinski definition) is 1. The lowest BCUT2D eigenvalue weighted by molar-refractivity contribution is -0.126. The molecule has 0 unspecified atom stereocenters. The normalized spacial score (nSPS) is 16.1. The van der Waals surface area contributed by atoms with Crippen LogP contribution in [-0.2, 0) is 11.3 Å². The van der Waals surface area contributed by atoms with E-state index < -0.39 is 0 Å². The fourth-order valence-corrected chi connectivity index (χ4v) is 3.03. The molecule has 1 fully saturated rings. The molecule has 2 aromatic rings. The highest BCUT2D eigenvalue weighted by Crippen LogP contribution is 2.16. The van der Waals surface area contributed by atoms with Crippen LogP contribution >= 0.6 is 0 Å². The summed E-state index contributed by atoms with van der Waals surface area (Å²) < 4.78 is 2.87. The average molecular weight is 327 g/mol. The van der Waals surface area contributed by atoms with E-state index in [0.717, 1.165) is 25.9 Å². The Morgan fingerprint density at radius 2 is 2.17 bits per heavy atom. The van der Waals surface area contributed by atoms with E-state index in [1.54, 1.807) is 18.3 Å². The molecule has 0 saturated carbocycles. The average Bonchev–Trinajstić information content (AvgIpc) is 2.92. The van der Waals surface area contributed by atoms with Gasteiger partial charge in [0, 0.05) is 18.7 Å². The smallest absolute Gasteiger partial charge is 0.350 e. The minimum atomic E-state index is -0.192. The van der Waals surface area contributed by atoms with Crippen LogP contribution in [0.15, 0.2) is 29.2 Å². The zero-order valence-corrected chi connectivity index (χ0v) is 13.5. The van der Waals surface area contributed by atoms with Crippen molar-refractivity contribution in [3.05, 3.63) is 34.9 Å². The molecule has 0 aromatic carbocycles. The third kappa shape index (κ3) is 3.49. The number of nitrogens with one attached hydrogen (secondary N) is 1. The molecule has 0 aliphatic carbocycles. The molecule has 1 N–H and O–H groups in total. The number of pyridine rings is 1. The number of piperidine rings is 1. The van der Waals surface area contributed by atoms with E-state index in [9.17, 15) is 9.59 Å². The summed E-state index contributed by atoms with van der Waals surface area (Å²) >= 11 is 0. The Hall–Kier alpha value is -2.59. The number of nitrogens with zero attached hydrogens (tertiary/aromatic N) is 4. The van der Waals surface area contributed by atoms with Crippen LogP contribution in [0.25, 0.3) is 5.65 Å². The zero-order valence-electron chi connectivity index (χ0n) is 13.5. The maximum absolute atomic E-state index is 12.2. The molecule has 1 aliphatic heterocycles. The number of rotatable bonds is 5. The summed E-state index contributed by atoms with van der Waals surface area (Å²) in [5.41, 5.74) is 0.414. The maximum Gasteiger partial charge on any atom is 0.350 e. The van der Waals surface area contributed by atoms with Crippen LogP contribution in [0.5, 0.6) is 0 Å². The molecule has 126 valence electrons. The van der Waals surface area contributed by atoms with Gasteiger partial charge in [-0.05, 0) is 38.1 Å². The second-order valence-electron chi connectivity index (χ2n) is 5.98. The molecule has 2 aromatic heterocycles. The maximum atomic E-state index is 12.2. The first-order valence-corrected chi connectivity index (χ1v) is 8.17. The molecule has 1 saturated heterocycles. The number of likely N-dealkylation sites (tertiary alicyclic amines) is 1. The monoisotopic (exact) mass is 327 g/mol. The summed E-state index contributed by atoms with van der Waals surface area (Å²) in [5.74, 6) is 2.71. The highest BCUT2D eigenvalue weighted by Gasteiger charge is 2.24. The number of carbonyl (C=O) groups excluding carboxylic acids is 1. The highest BCUT2D eigenvalue weighted by atomic mass is 16.2. The van der Waals surface area contributed by atoms with Crippen LogP contribution in [0.3, 0.4) is 0 Å². The largest absolute Gasteiger partial charge is 0.354 e.